The predicted molar refractivity (Wildman–Crippen MR) is 108 cm³/mol. The number of thioether (sulfide) groups is 1. The normalized spacial score (nSPS) is 11.0. The minimum Gasteiger partial charge on any atom is -0.493 e. The summed E-state index contributed by atoms with van der Waals surface area (Å²) in [4.78, 5) is 13.5. The number of para-hydroxylation sites is 1. The number of methoxy groups -OCH3 is 2. The quantitative estimate of drug-likeness (QED) is 0.330. The third kappa shape index (κ3) is 3.27. The molecule has 0 atom stereocenters. The van der Waals surface area contributed by atoms with Crippen LogP contribution < -0.4 is 9.47 Å². The van der Waals surface area contributed by atoms with Gasteiger partial charge in [0, 0.05) is 11.1 Å². The van der Waals surface area contributed by atoms with Crippen LogP contribution in [0.3, 0.4) is 0 Å². The largest absolute Gasteiger partial charge is 0.493 e. The Kier molecular flexibility index (Phi) is 5.05. The molecule has 0 radical (unpaired) electrons. The van der Waals surface area contributed by atoms with Gasteiger partial charge in [-0.25, -0.2) is 15.0 Å². The van der Waals surface area contributed by atoms with Gasteiger partial charge in [0.25, 0.3) is 0 Å². The number of nitrogens with zero attached hydrogens (tertiary/aromatic N) is 3. The van der Waals surface area contributed by atoms with Crippen LogP contribution in [-0.2, 0) is 5.75 Å². The Hall–Kier alpha value is -2.16. The van der Waals surface area contributed by atoms with Gasteiger partial charge in [-0.15, -0.1) is 22.7 Å². The second-order valence-electron chi connectivity index (χ2n) is 5.29. The number of ether oxygens (including phenoxy) is 2. The first-order valence-corrected chi connectivity index (χ1v) is 10.5. The molecule has 4 aromatic rings. The number of thiazole rings is 1. The molecule has 0 bridgehead atoms. The lowest BCUT2D eigenvalue weighted by Gasteiger charge is -2.10. The topological polar surface area (TPSA) is 57.1 Å². The predicted octanol–water partition coefficient (Wildman–Crippen LogP) is 5.12. The van der Waals surface area contributed by atoms with E-state index in [4.69, 9.17) is 14.5 Å². The van der Waals surface area contributed by atoms with E-state index >= 15 is 0 Å². The summed E-state index contributed by atoms with van der Waals surface area (Å²) in [6.45, 7) is 0. The lowest BCUT2D eigenvalue weighted by Crippen LogP contribution is -1.93. The van der Waals surface area contributed by atoms with Gasteiger partial charge in [0.05, 0.1) is 35.7 Å². The van der Waals surface area contributed by atoms with E-state index in [1.165, 1.54) is 0 Å². The van der Waals surface area contributed by atoms with E-state index in [0.29, 0.717) is 11.5 Å². The van der Waals surface area contributed by atoms with Crippen LogP contribution in [0.5, 0.6) is 11.5 Å². The van der Waals surface area contributed by atoms with Crippen molar-refractivity contribution in [3.8, 4) is 22.1 Å². The zero-order chi connectivity index (χ0) is 17.9. The third-order valence-electron chi connectivity index (χ3n) is 3.75. The number of aromatic nitrogens is 3. The van der Waals surface area contributed by atoms with E-state index in [0.717, 1.165) is 37.3 Å². The highest BCUT2D eigenvalue weighted by Crippen LogP contribution is 2.39. The van der Waals surface area contributed by atoms with Crippen molar-refractivity contribution < 1.29 is 9.47 Å². The van der Waals surface area contributed by atoms with Crippen LogP contribution in [0.1, 0.15) is 5.69 Å². The Labute approximate surface area is 163 Å². The molecule has 26 heavy (non-hydrogen) atoms. The molecule has 8 heteroatoms. The first-order valence-electron chi connectivity index (χ1n) is 7.77. The van der Waals surface area contributed by atoms with E-state index in [-0.39, 0.29) is 0 Å². The Morgan fingerprint density at radius 1 is 1.08 bits per heavy atom. The first kappa shape index (κ1) is 17.3. The van der Waals surface area contributed by atoms with Crippen molar-refractivity contribution in [2.45, 2.75) is 10.8 Å². The lowest BCUT2D eigenvalue weighted by atomic mass is 10.2. The molecule has 0 saturated carbocycles. The Morgan fingerprint density at radius 3 is 2.85 bits per heavy atom. The fourth-order valence-corrected chi connectivity index (χ4v) is 5.35. The van der Waals surface area contributed by atoms with Gasteiger partial charge in [-0.3, -0.25) is 0 Å². The van der Waals surface area contributed by atoms with Crippen LogP contribution in [0.15, 0.2) is 46.4 Å². The van der Waals surface area contributed by atoms with Crippen molar-refractivity contribution >= 4 is 44.7 Å². The minimum atomic E-state index is 0.706. The average Bonchev–Trinajstić information content (AvgIpc) is 3.35. The van der Waals surface area contributed by atoms with Crippen LogP contribution >= 0.6 is 34.4 Å². The van der Waals surface area contributed by atoms with Crippen LogP contribution in [0.25, 0.3) is 20.8 Å². The molecular formula is C18H15N3O2S3. The van der Waals surface area contributed by atoms with Crippen molar-refractivity contribution in [3.63, 3.8) is 0 Å². The van der Waals surface area contributed by atoms with Gasteiger partial charge >= 0.3 is 0 Å². The molecule has 0 saturated heterocycles. The third-order valence-corrected chi connectivity index (χ3v) is 6.74. The maximum Gasteiger partial charge on any atom is 0.170 e. The van der Waals surface area contributed by atoms with Crippen molar-refractivity contribution in [3.05, 3.63) is 47.0 Å². The van der Waals surface area contributed by atoms with Crippen molar-refractivity contribution in [1.29, 1.82) is 0 Å². The van der Waals surface area contributed by atoms with Gasteiger partial charge in [0.15, 0.2) is 11.5 Å². The summed E-state index contributed by atoms with van der Waals surface area (Å²) in [5.41, 5.74) is 2.95. The molecule has 3 aromatic heterocycles. The molecule has 4 rings (SSSR count). The Balaban J connectivity index is 1.56. The van der Waals surface area contributed by atoms with Gasteiger partial charge in [0.1, 0.15) is 16.4 Å². The molecule has 0 amide bonds. The van der Waals surface area contributed by atoms with Gasteiger partial charge in [0.2, 0.25) is 0 Å². The fraction of sp³-hybridized carbons (Fsp3) is 0.167. The van der Waals surface area contributed by atoms with Gasteiger partial charge < -0.3 is 9.47 Å². The molecule has 132 valence electrons. The molecule has 0 spiro atoms. The van der Waals surface area contributed by atoms with Crippen molar-refractivity contribution in [2.24, 2.45) is 0 Å². The summed E-state index contributed by atoms with van der Waals surface area (Å²) >= 11 is 4.95. The molecule has 0 aliphatic heterocycles. The second kappa shape index (κ2) is 7.61. The SMILES string of the molecule is COc1cccc(-c2nc(CSc3ncnc4ccsc34)cs2)c1OC. The Bertz CT molecular complexity index is 1050. The fourth-order valence-electron chi connectivity index (χ4n) is 2.56. The molecule has 3 heterocycles. The summed E-state index contributed by atoms with van der Waals surface area (Å²) in [6, 6.07) is 7.84. The highest BCUT2D eigenvalue weighted by atomic mass is 32.2. The molecule has 1 aromatic carbocycles. The summed E-state index contributed by atoms with van der Waals surface area (Å²) in [6.07, 6.45) is 1.62. The summed E-state index contributed by atoms with van der Waals surface area (Å²) in [5, 5.41) is 6.03. The molecule has 0 aliphatic carbocycles. The average molecular weight is 402 g/mol. The monoisotopic (exact) mass is 401 g/mol. The van der Waals surface area contributed by atoms with Crippen LogP contribution in [-0.4, -0.2) is 29.2 Å². The maximum atomic E-state index is 5.52. The van der Waals surface area contributed by atoms with Crippen LogP contribution in [0.4, 0.5) is 0 Å². The zero-order valence-electron chi connectivity index (χ0n) is 14.1. The van der Waals surface area contributed by atoms with E-state index in [1.807, 2.05) is 29.6 Å². The molecule has 0 aliphatic rings. The highest BCUT2D eigenvalue weighted by Gasteiger charge is 2.15. The smallest absolute Gasteiger partial charge is 0.170 e. The standard InChI is InChI=1S/C18H15N3O2S3/c1-22-14-5-3-4-12(15(14)23-2)17-21-11(8-25-17)9-26-18-16-13(6-7-24-16)19-10-20-18/h3-8,10H,9H2,1-2H3. The van der Waals surface area contributed by atoms with E-state index < -0.39 is 0 Å². The van der Waals surface area contributed by atoms with Crippen molar-refractivity contribution in [1.82, 2.24) is 15.0 Å². The molecule has 0 N–H and O–H groups in total. The highest BCUT2D eigenvalue weighted by molar-refractivity contribution is 7.98. The number of fused-ring (bicyclic) bond motifs is 1. The van der Waals surface area contributed by atoms with E-state index in [9.17, 15) is 0 Å². The lowest BCUT2D eigenvalue weighted by molar-refractivity contribution is 0.356. The van der Waals surface area contributed by atoms with E-state index in [2.05, 4.69) is 15.3 Å². The number of benzene rings is 1. The molecule has 0 unspecified atom stereocenters. The molecule has 5 nitrogen and oxygen atoms in total. The Morgan fingerprint density at radius 2 is 2.00 bits per heavy atom. The van der Waals surface area contributed by atoms with Gasteiger partial charge in [-0.2, -0.15) is 0 Å². The number of hydrogen-bond donors (Lipinski definition) is 0. The van der Waals surface area contributed by atoms with Gasteiger partial charge in [-0.05, 0) is 23.6 Å². The number of hydrogen-bond acceptors (Lipinski definition) is 8. The van der Waals surface area contributed by atoms with Crippen LogP contribution in [0, 0.1) is 0 Å². The molecule has 0 fully saturated rings. The van der Waals surface area contributed by atoms with Crippen molar-refractivity contribution in [2.75, 3.05) is 14.2 Å². The van der Waals surface area contributed by atoms with Gasteiger partial charge in [-0.1, -0.05) is 17.8 Å². The number of rotatable bonds is 6. The van der Waals surface area contributed by atoms with E-state index in [1.54, 1.807) is 55.0 Å². The second-order valence-corrected chi connectivity index (χ2v) is 8.03. The molecular weight excluding hydrogens is 386 g/mol. The minimum absolute atomic E-state index is 0.706. The first-order chi connectivity index (χ1) is 12.8. The maximum absolute atomic E-state index is 5.52. The number of thiophene rings is 1. The van der Waals surface area contributed by atoms with Crippen LogP contribution in [0.2, 0.25) is 0 Å². The summed E-state index contributed by atoms with van der Waals surface area (Å²) < 4.78 is 12.0. The summed E-state index contributed by atoms with van der Waals surface area (Å²) in [5.74, 6) is 2.17. The summed E-state index contributed by atoms with van der Waals surface area (Å²) in [7, 11) is 3.28. The zero-order valence-corrected chi connectivity index (χ0v) is 16.6.